The molecule has 4 aliphatic rings. The maximum absolute atomic E-state index is 14.2. The third kappa shape index (κ3) is 3.94. The van der Waals surface area contributed by atoms with Crippen molar-refractivity contribution in [1.82, 2.24) is 4.98 Å². The van der Waals surface area contributed by atoms with Crippen LogP contribution in [0.1, 0.15) is 36.8 Å². The highest BCUT2D eigenvalue weighted by atomic mass is 16.3. The molecule has 8 nitrogen and oxygen atoms in total. The molecule has 2 amide bonds. The Balaban J connectivity index is 1.17. The van der Waals surface area contributed by atoms with Crippen LogP contribution in [0.15, 0.2) is 106 Å². The highest BCUT2D eigenvalue weighted by Gasteiger charge is 2.56. The van der Waals surface area contributed by atoms with E-state index in [0.29, 0.717) is 57.0 Å². The molecule has 4 atom stereocenters. The molecular formula is C37H28N2O6. The van der Waals surface area contributed by atoms with E-state index in [1.807, 2.05) is 36.4 Å². The average molecular weight is 597 g/mol. The molecule has 0 radical (unpaired) electrons. The zero-order valence-electron chi connectivity index (χ0n) is 24.6. The number of imide groups is 1. The monoisotopic (exact) mass is 596 g/mol. The van der Waals surface area contributed by atoms with Gasteiger partial charge in [0.25, 0.3) is 0 Å². The minimum absolute atomic E-state index is 0.0547. The third-order valence-electron chi connectivity index (χ3n) is 9.81. The van der Waals surface area contributed by atoms with Gasteiger partial charge in [0, 0.05) is 33.8 Å². The van der Waals surface area contributed by atoms with Gasteiger partial charge in [-0.25, -0.2) is 4.98 Å². The number of hydrogen-bond donors (Lipinski definition) is 1. The molecule has 1 aromatic heterocycles. The fraction of sp³-hybridized carbons (Fsp3) is 0.216. The number of aryl methyl sites for hydroxylation is 1. The number of carbonyl (C=O) groups excluding carboxylic acids is 4. The summed E-state index contributed by atoms with van der Waals surface area (Å²) in [6, 6.07) is 19.8. The Labute approximate surface area is 258 Å². The van der Waals surface area contributed by atoms with E-state index in [1.165, 1.54) is 11.0 Å². The number of phenolic OH excluding ortho intramolecular Hbond substituents is 1. The fourth-order valence-corrected chi connectivity index (χ4v) is 7.66. The normalized spacial score (nSPS) is 24.4. The van der Waals surface area contributed by atoms with Crippen LogP contribution in [0.5, 0.6) is 5.75 Å². The molecule has 1 fully saturated rings. The molecule has 45 heavy (non-hydrogen) atoms. The van der Waals surface area contributed by atoms with Crippen molar-refractivity contribution >= 4 is 40.2 Å². The van der Waals surface area contributed by atoms with Gasteiger partial charge in [0.2, 0.25) is 17.7 Å². The minimum Gasteiger partial charge on any atom is -0.507 e. The maximum atomic E-state index is 14.2. The summed E-state index contributed by atoms with van der Waals surface area (Å²) in [4.78, 5) is 60.9. The summed E-state index contributed by atoms with van der Waals surface area (Å²) >= 11 is 0. The second kappa shape index (κ2) is 9.82. The molecule has 222 valence electrons. The van der Waals surface area contributed by atoms with E-state index in [2.05, 4.69) is 4.98 Å². The molecule has 0 spiro atoms. The molecule has 1 N–H and O–H groups in total. The first-order valence-corrected chi connectivity index (χ1v) is 15.1. The molecule has 1 saturated heterocycles. The van der Waals surface area contributed by atoms with Crippen LogP contribution in [-0.4, -0.2) is 33.5 Å². The SMILES string of the molecule is CC1=CC(=O)C2=C(CC3C(=CCC4C(=O)N(c5ccc(-c6nc7ccccc7o6)cc5)C(=O)C43)C2c2cccc(C)c2O)C1=O. The highest BCUT2D eigenvalue weighted by Crippen LogP contribution is 2.56. The van der Waals surface area contributed by atoms with E-state index in [-0.39, 0.29) is 35.6 Å². The van der Waals surface area contributed by atoms with Gasteiger partial charge in [-0.05, 0) is 80.6 Å². The third-order valence-corrected chi connectivity index (χ3v) is 9.81. The van der Waals surface area contributed by atoms with Crippen LogP contribution in [0, 0.1) is 24.7 Å². The average Bonchev–Trinajstić information content (AvgIpc) is 3.59. The lowest BCUT2D eigenvalue weighted by Gasteiger charge is -2.42. The maximum Gasteiger partial charge on any atom is 0.238 e. The van der Waals surface area contributed by atoms with Crippen LogP contribution in [0.25, 0.3) is 22.6 Å². The lowest BCUT2D eigenvalue weighted by atomic mass is 9.59. The van der Waals surface area contributed by atoms with Gasteiger partial charge in [-0.15, -0.1) is 0 Å². The van der Waals surface area contributed by atoms with Crippen molar-refractivity contribution in [3.63, 3.8) is 0 Å². The second-order valence-electron chi connectivity index (χ2n) is 12.3. The van der Waals surface area contributed by atoms with E-state index < -0.39 is 23.7 Å². The first-order valence-electron chi connectivity index (χ1n) is 15.1. The number of oxazole rings is 1. The summed E-state index contributed by atoms with van der Waals surface area (Å²) in [5, 5.41) is 11.2. The van der Waals surface area contributed by atoms with Crippen molar-refractivity contribution in [3.05, 3.63) is 112 Å². The van der Waals surface area contributed by atoms with Crippen LogP contribution in [0.2, 0.25) is 0 Å². The zero-order valence-corrected chi connectivity index (χ0v) is 24.6. The van der Waals surface area contributed by atoms with Gasteiger partial charge in [0.1, 0.15) is 11.3 Å². The van der Waals surface area contributed by atoms with Crippen LogP contribution in [0.3, 0.4) is 0 Å². The number of rotatable bonds is 3. The number of anilines is 1. The number of carbonyl (C=O) groups is 4. The number of Topliss-reactive ketones (excluding diaryl/α,β-unsaturated/α-hetero) is 1. The van der Waals surface area contributed by atoms with E-state index in [0.717, 1.165) is 11.1 Å². The number of fused-ring (bicyclic) bond motifs is 4. The Kier molecular flexibility index (Phi) is 5.94. The Bertz CT molecular complexity index is 2060. The van der Waals surface area contributed by atoms with Crippen molar-refractivity contribution < 1.29 is 28.7 Å². The fourth-order valence-electron chi connectivity index (χ4n) is 7.66. The Morgan fingerprint density at radius 3 is 2.44 bits per heavy atom. The standard InChI is InChI=1S/C37H28N2O6/c1-18-6-5-7-23(33(18)41)30-22-14-15-24-31(25(22)17-26-32(30)28(40)16-19(2)34(26)42)37(44)39(36(24)43)21-12-10-20(11-13-21)35-38-27-8-3-4-9-29(27)45-35/h3-14,16,24-25,30-31,41H,15,17H2,1-2H3. The van der Waals surface area contributed by atoms with E-state index in [9.17, 15) is 24.3 Å². The molecule has 8 rings (SSSR count). The molecule has 2 heterocycles. The topological polar surface area (TPSA) is 118 Å². The van der Waals surface area contributed by atoms with E-state index in [4.69, 9.17) is 4.42 Å². The quantitative estimate of drug-likeness (QED) is 0.171. The Morgan fingerprint density at radius 2 is 1.67 bits per heavy atom. The molecule has 1 aliphatic heterocycles. The molecule has 3 aliphatic carbocycles. The van der Waals surface area contributed by atoms with Gasteiger partial charge < -0.3 is 9.52 Å². The summed E-state index contributed by atoms with van der Waals surface area (Å²) in [5.74, 6) is -3.07. The number of aromatic nitrogens is 1. The summed E-state index contributed by atoms with van der Waals surface area (Å²) in [7, 11) is 0. The van der Waals surface area contributed by atoms with Crippen LogP contribution >= 0.6 is 0 Å². The number of allylic oxidation sites excluding steroid dienone is 6. The number of para-hydroxylation sites is 3. The zero-order chi connectivity index (χ0) is 31.1. The van der Waals surface area contributed by atoms with Crippen LogP contribution in [0.4, 0.5) is 5.69 Å². The van der Waals surface area contributed by atoms with Gasteiger partial charge in [-0.3, -0.25) is 24.1 Å². The smallest absolute Gasteiger partial charge is 0.238 e. The first-order chi connectivity index (χ1) is 21.7. The van der Waals surface area contributed by atoms with Gasteiger partial charge in [0.15, 0.2) is 17.1 Å². The van der Waals surface area contributed by atoms with Gasteiger partial charge in [-0.2, -0.15) is 0 Å². The van der Waals surface area contributed by atoms with Crippen LogP contribution < -0.4 is 4.90 Å². The molecular weight excluding hydrogens is 568 g/mol. The summed E-state index contributed by atoms with van der Waals surface area (Å²) in [6.45, 7) is 3.40. The minimum atomic E-state index is -0.702. The lowest BCUT2D eigenvalue weighted by Crippen LogP contribution is -2.39. The number of benzene rings is 3. The number of nitrogens with zero attached hydrogens (tertiary/aromatic N) is 2. The number of phenols is 1. The molecule has 0 bridgehead atoms. The van der Waals surface area contributed by atoms with E-state index >= 15 is 0 Å². The highest BCUT2D eigenvalue weighted by molar-refractivity contribution is 6.25. The number of ketones is 2. The molecule has 4 unspecified atom stereocenters. The first kappa shape index (κ1) is 27.2. The summed E-state index contributed by atoms with van der Waals surface area (Å²) < 4.78 is 5.88. The van der Waals surface area contributed by atoms with Crippen LogP contribution in [-0.2, 0) is 19.2 Å². The molecule has 0 saturated carbocycles. The number of hydrogen-bond acceptors (Lipinski definition) is 7. The predicted octanol–water partition coefficient (Wildman–Crippen LogP) is 6.14. The van der Waals surface area contributed by atoms with Gasteiger partial charge in [-0.1, -0.05) is 42.0 Å². The van der Waals surface area contributed by atoms with E-state index in [1.54, 1.807) is 50.2 Å². The Morgan fingerprint density at radius 1 is 0.889 bits per heavy atom. The number of amides is 2. The molecule has 8 heteroatoms. The van der Waals surface area contributed by atoms with Crippen molar-refractivity contribution in [2.45, 2.75) is 32.6 Å². The molecule has 3 aromatic carbocycles. The van der Waals surface area contributed by atoms with Crippen molar-refractivity contribution in [1.29, 1.82) is 0 Å². The van der Waals surface area contributed by atoms with Gasteiger partial charge >= 0.3 is 0 Å². The predicted molar refractivity (Wildman–Crippen MR) is 166 cm³/mol. The summed E-state index contributed by atoms with van der Waals surface area (Å²) in [6.07, 6.45) is 3.83. The molecule has 4 aromatic rings. The van der Waals surface area contributed by atoms with Crippen molar-refractivity contribution in [2.75, 3.05) is 4.90 Å². The van der Waals surface area contributed by atoms with Crippen molar-refractivity contribution in [3.8, 4) is 17.2 Å². The van der Waals surface area contributed by atoms with Gasteiger partial charge in [0.05, 0.1) is 17.5 Å². The van der Waals surface area contributed by atoms with Crippen molar-refractivity contribution in [2.24, 2.45) is 17.8 Å². The second-order valence-corrected chi connectivity index (χ2v) is 12.3. The Hall–Kier alpha value is -5.37. The largest absolute Gasteiger partial charge is 0.507 e. The number of aromatic hydroxyl groups is 1. The summed E-state index contributed by atoms with van der Waals surface area (Å²) in [5.41, 5.74) is 5.62. The lowest BCUT2D eigenvalue weighted by molar-refractivity contribution is -0.123.